The van der Waals surface area contributed by atoms with Gasteiger partial charge in [0.15, 0.2) is 0 Å². The van der Waals surface area contributed by atoms with Gasteiger partial charge in [-0.2, -0.15) is 0 Å². The first-order valence-corrected chi connectivity index (χ1v) is 7.39. The van der Waals surface area contributed by atoms with E-state index in [9.17, 15) is 4.79 Å². The molecule has 0 aliphatic heterocycles. The molecule has 0 amide bonds. The minimum Gasteiger partial charge on any atom is -0.492 e. The van der Waals surface area contributed by atoms with Gasteiger partial charge in [-0.25, -0.2) is 4.98 Å². The third-order valence-electron chi connectivity index (χ3n) is 3.63. The van der Waals surface area contributed by atoms with Gasteiger partial charge in [-0.15, -0.1) is 0 Å². The molecule has 110 valence electrons. The van der Waals surface area contributed by atoms with E-state index >= 15 is 0 Å². The Hall–Kier alpha value is -2.30. The first-order chi connectivity index (χ1) is 10.3. The Morgan fingerprint density at radius 3 is 2.95 bits per heavy atom. The molecule has 0 atom stereocenters. The zero-order valence-electron chi connectivity index (χ0n) is 12.1. The molecule has 1 aliphatic carbocycles. The molecule has 5 heteroatoms. The van der Waals surface area contributed by atoms with Gasteiger partial charge < -0.3 is 10.1 Å². The normalized spacial score (nSPS) is 13.6. The third-order valence-corrected chi connectivity index (χ3v) is 3.63. The number of anilines is 2. The number of ether oxygens (including phenoxy) is 1. The Kier molecular flexibility index (Phi) is 3.90. The number of nitrogens with zero attached hydrogens (tertiary/aromatic N) is 1. The molecule has 1 aromatic heterocycles. The molecule has 0 fully saturated rings. The Morgan fingerprint density at radius 2 is 2.10 bits per heavy atom. The Balaban J connectivity index is 1.92. The SMILES string of the molecule is CCOc1ccccc1Nc1nc2c(c(=O)[nH]1)CCCC2. The fourth-order valence-corrected chi connectivity index (χ4v) is 2.64. The van der Waals surface area contributed by atoms with Gasteiger partial charge in [0.2, 0.25) is 5.95 Å². The highest BCUT2D eigenvalue weighted by molar-refractivity contribution is 5.62. The van der Waals surface area contributed by atoms with Gasteiger partial charge in [0.05, 0.1) is 18.0 Å². The van der Waals surface area contributed by atoms with Crippen molar-refractivity contribution in [2.24, 2.45) is 0 Å². The van der Waals surface area contributed by atoms with Crippen molar-refractivity contribution in [1.82, 2.24) is 9.97 Å². The summed E-state index contributed by atoms with van der Waals surface area (Å²) in [6.07, 6.45) is 3.87. The molecular weight excluding hydrogens is 266 g/mol. The summed E-state index contributed by atoms with van der Waals surface area (Å²) in [6, 6.07) is 7.63. The zero-order valence-corrected chi connectivity index (χ0v) is 12.1. The van der Waals surface area contributed by atoms with Crippen molar-refractivity contribution in [3.8, 4) is 5.75 Å². The van der Waals surface area contributed by atoms with Crippen molar-refractivity contribution < 1.29 is 4.74 Å². The molecule has 1 heterocycles. The maximum Gasteiger partial charge on any atom is 0.255 e. The number of fused-ring (bicyclic) bond motifs is 1. The lowest BCUT2D eigenvalue weighted by Crippen LogP contribution is -2.22. The highest BCUT2D eigenvalue weighted by atomic mass is 16.5. The van der Waals surface area contributed by atoms with Gasteiger partial charge in [-0.1, -0.05) is 12.1 Å². The van der Waals surface area contributed by atoms with Crippen molar-refractivity contribution in [3.05, 3.63) is 45.9 Å². The van der Waals surface area contributed by atoms with Crippen molar-refractivity contribution in [1.29, 1.82) is 0 Å². The fourth-order valence-electron chi connectivity index (χ4n) is 2.64. The van der Waals surface area contributed by atoms with Crippen molar-refractivity contribution >= 4 is 11.6 Å². The summed E-state index contributed by atoms with van der Waals surface area (Å²) in [4.78, 5) is 19.5. The third kappa shape index (κ3) is 2.91. The van der Waals surface area contributed by atoms with E-state index in [2.05, 4.69) is 15.3 Å². The van der Waals surface area contributed by atoms with Crippen LogP contribution in [0.3, 0.4) is 0 Å². The van der Waals surface area contributed by atoms with Gasteiger partial charge in [-0.3, -0.25) is 9.78 Å². The van der Waals surface area contributed by atoms with Crippen LogP contribution in [0.1, 0.15) is 31.0 Å². The van der Waals surface area contributed by atoms with E-state index in [1.54, 1.807) is 0 Å². The highest BCUT2D eigenvalue weighted by Gasteiger charge is 2.16. The van der Waals surface area contributed by atoms with E-state index in [1.807, 2.05) is 31.2 Å². The molecule has 0 saturated carbocycles. The van der Waals surface area contributed by atoms with E-state index in [1.165, 1.54) is 0 Å². The monoisotopic (exact) mass is 285 g/mol. The lowest BCUT2D eigenvalue weighted by atomic mass is 9.97. The van der Waals surface area contributed by atoms with Crippen LogP contribution in [0.5, 0.6) is 5.75 Å². The summed E-state index contributed by atoms with van der Waals surface area (Å²) < 4.78 is 5.57. The summed E-state index contributed by atoms with van der Waals surface area (Å²) in [7, 11) is 0. The van der Waals surface area contributed by atoms with Crippen LogP contribution in [0, 0.1) is 0 Å². The van der Waals surface area contributed by atoms with Gasteiger partial charge >= 0.3 is 0 Å². The molecule has 2 N–H and O–H groups in total. The van der Waals surface area contributed by atoms with Crippen LogP contribution >= 0.6 is 0 Å². The van der Waals surface area contributed by atoms with E-state index in [4.69, 9.17) is 4.74 Å². The second-order valence-electron chi connectivity index (χ2n) is 5.10. The molecule has 1 aliphatic rings. The number of rotatable bonds is 4. The maximum absolute atomic E-state index is 12.1. The molecule has 2 aromatic rings. The highest BCUT2D eigenvalue weighted by Crippen LogP contribution is 2.26. The Labute approximate surface area is 123 Å². The number of benzene rings is 1. The van der Waals surface area contributed by atoms with Crippen LogP contribution in [0.15, 0.2) is 29.1 Å². The number of aryl methyl sites for hydroxylation is 1. The molecule has 0 spiro atoms. The number of nitrogens with one attached hydrogen (secondary N) is 2. The minimum absolute atomic E-state index is 0.0314. The van der Waals surface area contributed by atoms with E-state index in [0.717, 1.165) is 48.4 Å². The first-order valence-electron chi connectivity index (χ1n) is 7.39. The molecule has 0 radical (unpaired) electrons. The largest absolute Gasteiger partial charge is 0.492 e. The fraction of sp³-hybridized carbons (Fsp3) is 0.375. The van der Waals surface area contributed by atoms with Crippen LogP contribution in [-0.2, 0) is 12.8 Å². The van der Waals surface area contributed by atoms with Gasteiger partial charge in [-0.05, 0) is 44.7 Å². The van der Waals surface area contributed by atoms with Gasteiger partial charge in [0, 0.05) is 5.56 Å². The predicted octanol–water partition coefficient (Wildman–Crippen LogP) is 2.79. The molecular formula is C16H19N3O2. The average molecular weight is 285 g/mol. The number of para-hydroxylation sites is 2. The van der Waals surface area contributed by atoms with Crippen LogP contribution in [0.4, 0.5) is 11.6 Å². The molecule has 3 rings (SSSR count). The molecule has 0 saturated heterocycles. The Bertz CT molecular complexity index is 694. The van der Waals surface area contributed by atoms with E-state index < -0.39 is 0 Å². The van der Waals surface area contributed by atoms with Gasteiger partial charge in [0.1, 0.15) is 5.75 Å². The maximum atomic E-state index is 12.1. The summed E-state index contributed by atoms with van der Waals surface area (Å²) in [6.45, 7) is 2.53. The second-order valence-corrected chi connectivity index (χ2v) is 5.10. The quantitative estimate of drug-likeness (QED) is 0.906. The van der Waals surface area contributed by atoms with Crippen molar-refractivity contribution in [3.63, 3.8) is 0 Å². The molecule has 1 aromatic carbocycles. The van der Waals surface area contributed by atoms with Crippen molar-refractivity contribution in [2.45, 2.75) is 32.6 Å². The molecule has 0 bridgehead atoms. The lowest BCUT2D eigenvalue weighted by Gasteiger charge is -2.16. The lowest BCUT2D eigenvalue weighted by molar-refractivity contribution is 0.342. The summed E-state index contributed by atoms with van der Waals surface area (Å²) in [5.41, 5.74) is 2.53. The van der Waals surface area contributed by atoms with E-state index in [0.29, 0.717) is 12.6 Å². The van der Waals surface area contributed by atoms with E-state index in [-0.39, 0.29) is 5.56 Å². The number of hydrogen-bond donors (Lipinski definition) is 2. The molecule has 0 unspecified atom stereocenters. The van der Waals surface area contributed by atoms with Crippen molar-refractivity contribution in [2.75, 3.05) is 11.9 Å². The average Bonchev–Trinajstić information content (AvgIpc) is 2.50. The van der Waals surface area contributed by atoms with Crippen LogP contribution in [0.2, 0.25) is 0 Å². The minimum atomic E-state index is -0.0314. The van der Waals surface area contributed by atoms with Crippen LogP contribution < -0.4 is 15.6 Å². The topological polar surface area (TPSA) is 67.0 Å². The summed E-state index contributed by atoms with van der Waals surface area (Å²) in [5.74, 6) is 1.23. The van der Waals surface area contributed by atoms with Crippen LogP contribution in [-0.4, -0.2) is 16.6 Å². The number of hydrogen-bond acceptors (Lipinski definition) is 4. The first kappa shape index (κ1) is 13.7. The standard InChI is InChI=1S/C16H19N3O2/c1-2-21-14-10-6-5-9-13(14)18-16-17-12-8-4-3-7-11(12)15(20)19-16/h5-6,9-10H,2-4,7-8H2,1H3,(H2,17,18,19,20). The Morgan fingerprint density at radius 1 is 1.29 bits per heavy atom. The van der Waals surface area contributed by atoms with Gasteiger partial charge in [0.25, 0.3) is 5.56 Å². The smallest absolute Gasteiger partial charge is 0.255 e. The predicted molar refractivity (Wildman–Crippen MR) is 82.4 cm³/mol. The second kappa shape index (κ2) is 5.99. The molecule has 21 heavy (non-hydrogen) atoms. The number of aromatic amines is 1. The molecule has 5 nitrogen and oxygen atoms in total. The summed E-state index contributed by atoms with van der Waals surface area (Å²) >= 11 is 0. The summed E-state index contributed by atoms with van der Waals surface area (Å²) in [5, 5.41) is 3.16. The van der Waals surface area contributed by atoms with Crippen LogP contribution in [0.25, 0.3) is 0 Å². The zero-order chi connectivity index (χ0) is 14.7. The number of H-pyrrole nitrogens is 1. The number of aromatic nitrogens is 2.